The molecule has 0 amide bonds. The number of nitrogens with zero attached hydrogens (tertiary/aromatic N) is 3. The Morgan fingerprint density at radius 2 is 1.50 bits per heavy atom. The Balaban J connectivity index is 1.89. The Morgan fingerprint density at radius 1 is 0.812 bits per heavy atom. The number of rotatable bonds is 7. The molecule has 0 aromatic heterocycles. The van der Waals surface area contributed by atoms with E-state index in [9.17, 15) is 4.79 Å². The number of anilines is 2. The van der Waals surface area contributed by atoms with Crippen LogP contribution in [0.4, 0.5) is 11.4 Å². The van der Waals surface area contributed by atoms with Crippen LogP contribution in [0.5, 0.6) is 17.2 Å². The zero-order valence-electron chi connectivity index (χ0n) is 18.5. The molecule has 0 unspecified atom stereocenters. The molecular weight excluding hydrogens is 406 g/mol. The predicted molar refractivity (Wildman–Crippen MR) is 125 cm³/mol. The van der Waals surface area contributed by atoms with Crippen molar-refractivity contribution in [2.24, 2.45) is 5.10 Å². The Kier molecular flexibility index (Phi) is 5.98. The molecule has 0 N–H and O–H groups in total. The van der Waals surface area contributed by atoms with Gasteiger partial charge in [0.15, 0.2) is 29.3 Å². The molecule has 1 atom stereocenters. The van der Waals surface area contributed by atoms with Gasteiger partial charge in [-0.25, -0.2) is 5.01 Å². The zero-order valence-corrected chi connectivity index (χ0v) is 18.5. The number of Topliss-reactive ketones (excluding diaryl/α,β-unsaturated/α-hetero) is 1. The van der Waals surface area contributed by atoms with Gasteiger partial charge in [-0.3, -0.25) is 9.69 Å². The SMILES string of the molecule is COc1ccc(N2C(C(C)=O)=NN(c3ccccc3)[C@H]2c2ccc(OC)c(OC)c2)cc1. The van der Waals surface area contributed by atoms with E-state index in [4.69, 9.17) is 19.3 Å². The summed E-state index contributed by atoms with van der Waals surface area (Å²) in [6, 6.07) is 23.1. The summed E-state index contributed by atoms with van der Waals surface area (Å²) in [7, 11) is 4.82. The lowest BCUT2D eigenvalue weighted by molar-refractivity contribution is -0.111. The molecule has 0 radical (unpaired) electrons. The molecule has 164 valence electrons. The molecule has 4 rings (SSSR count). The second-order valence-electron chi connectivity index (χ2n) is 7.22. The van der Waals surface area contributed by atoms with E-state index in [1.165, 1.54) is 6.92 Å². The van der Waals surface area contributed by atoms with Crippen molar-refractivity contribution in [3.8, 4) is 17.2 Å². The topological polar surface area (TPSA) is 63.6 Å². The van der Waals surface area contributed by atoms with Crippen molar-refractivity contribution in [3.63, 3.8) is 0 Å². The van der Waals surface area contributed by atoms with Crippen LogP contribution in [0.1, 0.15) is 18.7 Å². The van der Waals surface area contributed by atoms with Gasteiger partial charge in [0, 0.05) is 18.2 Å². The minimum absolute atomic E-state index is 0.135. The second-order valence-corrected chi connectivity index (χ2v) is 7.22. The van der Waals surface area contributed by atoms with Crippen molar-refractivity contribution in [2.45, 2.75) is 13.1 Å². The van der Waals surface area contributed by atoms with Crippen molar-refractivity contribution in [3.05, 3.63) is 78.4 Å². The van der Waals surface area contributed by atoms with Gasteiger partial charge in [0.05, 0.1) is 27.0 Å². The van der Waals surface area contributed by atoms with Gasteiger partial charge in [-0.1, -0.05) is 24.3 Å². The summed E-state index contributed by atoms with van der Waals surface area (Å²) in [5, 5.41) is 6.59. The molecule has 1 heterocycles. The summed E-state index contributed by atoms with van der Waals surface area (Å²) in [5.74, 6) is 2.17. The van der Waals surface area contributed by atoms with Gasteiger partial charge in [-0.15, -0.1) is 5.10 Å². The molecule has 3 aromatic rings. The molecule has 1 aliphatic rings. The fourth-order valence-electron chi connectivity index (χ4n) is 3.76. The maximum atomic E-state index is 12.7. The van der Waals surface area contributed by atoms with Crippen LogP contribution >= 0.6 is 0 Å². The van der Waals surface area contributed by atoms with Gasteiger partial charge in [0.25, 0.3) is 0 Å². The van der Waals surface area contributed by atoms with Gasteiger partial charge < -0.3 is 14.2 Å². The maximum absolute atomic E-state index is 12.7. The highest BCUT2D eigenvalue weighted by molar-refractivity contribution is 6.44. The molecule has 7 heteroatoms. The Labute approximate surface area is 187 Å². The number of carbonyl (C=O) groups is 1. The molecular formula is C25H25N3O4. The van der Waals surface area contributed by atoms with Crippen LogP contribution in [0.3, 0.4) is 0 Å². The molecule has 0 aliphatic carbocycles. The van der Waals surface area contributed by atoms with Crippen LogP contribution < -0.4 is 24.1 Å². The first kappa shape index (κ1) is 21.2. The monoisotopic (exact) mass is 431 g/mol. The molecule has 0 saturated heterocycles. The quantitative estimate of drug-likeness (QED) is 0.543. The lowest BCUT2D eigenvalue weighted by Crippen LogP contribution is -2.37. The van der Waals surface area contributed by atoms with Crippen LogP contribution in [0, 0.1) is 0 Å². The number of ether oxygens (including phenoxy) is 3. The lowest BCUT2D eigenvalue weighted by atomic mass is 10.1. The summed E-state index contributed by atoms with van der Waals surface area (Å²) >= 11 is 0. The smallest absolute Gasteiger partial charge is 0.198 e. The first-order valence-electron chi connectivity index (χ1n) is 10.2. The zero-order chi connectivity index (χ0) is 22.7. The molecule has 1 aliphatic heterocycles. The number of hydrogen-bond donors (Lipinski definition) is 0. The first-order chi connectivity index (χ1) is 15.6. The van der Waals surface area contributed by atoms with E-state index in [-0.39, 0.29) is 5.78 Å². The summed E-state index contributed by atoms with van der Waals surface area (Å²) in [4.78, 5) is 14.6. The molecule has 0 bridgehead atoms. The summed E-state index contributed by atoms with van der Waals surface area (Å²) in [6.45, 7) is 1.52. The molecule has 7 nitrogen and oxygen atoms in total. The van der Waals surface area contributed by atoms with Crippen LogP contribution in [-0.2, 0) is 4.79 Å². The molecule has 32 heavy (non-hydrogen) atoms. The molecule has 0 saturated carbocycles. The molecule has 0 fully saturated rings. The third-order valence-electron chi connectivity index (χ3n) is 5.30. The third-order valence-corrected chi connectivity index (χ3v) is 5.30. The molecule has 3 aromatic carbocycles. The third kappa shape index (κ3) is 3.85. The van der Waals surface area contributed by atoms with Crippen LogP contribution in [0.15, 0.2) is 77.9 Å². The van der Waals surface area contributed by atoms with Crippen molar-refractivity contribution in [1.82, 2.24) is 0 Å². The van der Waals surface area contributed by atoms with Crippen LogP contribution in [0.25, 0.3) is 0 Å². The highest BCUT2D eigenvalue weighted by Gasteiger charge is 2.39. The first-order valence-corrected chi connectivity index (χ1v) is 10.2. The summed E-state index contributed by atoms with van der Waals surface area (Å²) in [6.07, 6.45) is -0.412. The standard InChI is InChI=1S/C25H25N3O4/c1-17(29)24-26-28(20-8-6-5-7-9-20)25(18-10-15-22(31-3)23(16-18)32-4)27(24)19-11-13-21(30-2)14-12-19/h5-16,25H,1-4H3/t25-/m0/s1. The van der Waals surface area contributed by atoms with E-state index in [0.29, 0.717) is 17.3 Å². The summed E-state index contributed by atoms with van der Waals surface area (Å²) in [5.41, 5.74) is 2.57. The van der Waals surface area contributed by atoms with Crippen LogP contribution in [0.2, 0.25) is 0 Å². The van der Waals surface area contributed by atoms with E-state index in [2.05, 4.69) is 0 Å². The van der Waals surface area contributed by atoms with Gasteiger partial charge in [0.1, 0.15) is 5.75 Å². The lowest BCUT2D eigenvalue weighted by Gasteiger charge is -2.32. The van der Waals surface area contributed by atoms with Crippen molar-refractivity contribution < 1.29 is 19.0 Å². The number of benzene rings is 3. The highest BCUT2D eigenvalue weighted by atomic mass is 16.5. The van der Waals surface area contributed by atoms with E-state index in [0.717, 1.165) is 22.7 Å². The predicted octanol–water partition coefficient (Wildman–Crippen LogP) is 4.64. The number of hydrogen-bond acceptors (Lipinski definition) is 7. The van der Waals surface area contributed by atoms with E-state index in [1.54, 1.807) is 21.3 Å². The number of para-hydroxylation sites is 1. The second kappa shape index (κ2) is 9.01. The van der Waals surface area contributed by atoms with Gasteiger partial charge in [0.2, 0.25) is 0 Å². The fraction of sp³-hybridized carbons (Fsp3) is 0.200. The number of carbonyl (C=O) groups excluding carboxylic acids is 1. The summed E-state index contributed by atoms with van der Waals surface area (Å²) < 4.78 is 16.3. The van der Waals surface area contributed by atoms with E-state index < -0.39 is 6.17 Å². The largest absolute Gasteiger partial charge is 0.497 e. The van der Waals surface area contributed by atoms with Crippen LogP contribution in [-0.4, -0.2) is 32.9 Å². The van der Waals surface area contributed by atoms with Crippen molar-refractivity contribution >= 4 is 23.0 Å². The normalized spacial score (nSPS) is 15.4. The minimum Gasteiger partial charge on any atom is -0.497 e. The average molecular weight is 431 g/mol. The van der Waals surface area contributed by atoms with Gasteiger partial charge in [-0.2, -0.15) is 0 Å². The number of methoxy groups -OCH3 is 3. The highest BCUT2D eigenvalue weighted by Crippen LogP contribution is 2.41. The molecule has 0 spiro atoms. The average Bonchev–Trinajstić information content (AvgIpc) is 3.25. The Bertz CT molecular complexity index is 1130. The van der Waals surface area contributed by atoms with E-state index >= 15 is 0 Å². The number of amidine groups is 1. The van der Waals surface area contributed by atoms with E-state index in [1.807, 2.05) is 82.7 Å². The fourth-order valence-corrected chi connectivity index (χ4v) is 3.76. The van der Waals surface area contributed by atoms with Crippen molar-refractivity contribution in [2.75, 3.05) is 31.2 Å². The van der Waals surface area contributed by atoms with Gasteiger partial charge in [-0.05, 0) is 48.5 Å². The Morgan fingerprint density at radius 3 is 2.09 bits per heavy atom. The maximum Gasteiger partial charge on any atom is 0.198 e. The number of hydrazone groups is 1. The minimum atomic E-state index is -0.412. The van der Waals surface area contributed by atoms with Gasteiger partial charge >= 0.3 is 0 Å². The van der Waals surface area contributed by atoms with Crippen molar-refractivity contribution in [1.29, 1.82) is 0 Å². The number of ketones is 1. The Hall–Kier alpha value is -4.00.